The molecule has 0 radical (unpaired) electrons. The molecule has 0 unspecified atom stereocenters. The number of nitrogens with zero attached hydrogens (tertiary/aromatic N) is 1. The van der Waals surface area contributed by atoms with Crippen LogP contribution in [0.5, 0.6) is 5.75 Å². The molecular weight excluding hydrogens is 320 g/mol. The first-order chi connectivity index (χ1) is 12.1. The molecule has 4 rings (SSSR count). The maximum absolute atomic E-state index is 11.9. The lowest BCUT2D eigenvalue weighted by Crippen LogP contribution is -2.36. The fraction of sp³-hybridized carbons (Fsp3) is 0.316. The molecule has 1 aromatic carbocycles. The van der Waals surface area contributed by atoms with Crippen LogP contribution in [0.25, 0.3) is 11.0 Å². The number of aryl methyl sites for hydroxylation is 1. The van der Waals surface area contributed by atoms with Crippen molar-refractivity contribution in [1.82, 2.24) is 5.43 Å². The Morgan fingerprint density at radius 1 is 1.40 bits per heavy atom. The van der Waals surface area contributed by atoms with Crippen LogP contribution in [-0.4, -0.2) is 18.2 Å². The fourth-order valence-electron chi connectivity index (χ4n) is 3.37. The van der Waals surface area contributed by atoms with Crippen LogP contribution in [0.3, 0.4) is 0 Å². The highest BCUT2D eigenvalue weighted by molar-refractivity contribution is 5.95. The molecule has 128 valence electrons. The third kappa shape index (κ3) is 3.07. The summed E-state index contributed by atoms with van der Waals surface area (Å²) in [7, 11) is 0. The number of nitrogens with one attached hydrogen (secondary N) is 1. The molecule has 2 atom stereocenters. The molecule has 0 saturated heterocycles. The molecule has 2 aliphatic rings. The van der Waals surface area contributed by atoms with E-state index in [1.807, 2.05) is 13.0 Å². The molecule has 1 saturated carbocycles. The summed E-state index contributed by atoms with van der Waals surface area (Å²) in [6.07, 6.45) is 6.32. The van der Waals surface area contributed by atoms with Crippen molar-refractivity contribution in [2.75, 3.05) is 6.61 Å². The van der Waals surface area contributed by atoms with Crippen LogP contribution in [-0.2, 0) is 4.79 Å². The van der Waals surface area contributed by atoms with Crippen molar-refractivity contribution in [3.63, 3.8) is 0 Å². The first kappa shape index (κ1) is 15.6. The van der Waals surface area contributed by atoms with Crippen molar-refractivity contribution >= 4 is 22.6 Å². The van der Waals surface area contributed by atoms with E-state index in [4.69, 9.17) is 9.15 Å². The summed E-state index contributed by atoms with van der Waals surface area (Å²) < 4.78 is 10.6. The lowest BCUT2D eigenvalue weighted by atomic mass is 9.74. The number of carbonyl (C=O) groups is 1. The van der Waals surface area contributed by atoms with Gasteiger partial charge in [0.2, 0.25) is 0 Å². The molecule has 1 N–H and O–H groups in total. The predicted octanol–water partition coefficient (Wildman–Crippen LogP) is 2.55. The van der Waals surface area contributed by atoms with Crippen LogP contribution in [0.2, 0.25) is 0 Å². The Labute approximate surface area is 144 Å². The van der Waals surface area contributed by atoms with Crippen molar-refractivity contribution in [2.45, 2.75) is 19.8 Å². The van der Waals surface area contributed by atoms with E-state index in [-0.39, 0.29) is 12.5 Å². The van der Waals surface area contributed by atoms with Gasteiger partial charge in [-0.05, 0) is 43.4 Å². The lowest BCUT2D eigenvalue weighted by molar-refractivity contribution is -0.123. The largest absolute Gasteiger partial charge is 0.484 e. The standard InChI is InChI=1S/C19H18N2O4/c1-11-7-19(23)25-17-9-13(5-6-14(11)17)24-10-18(22)21-20-16-8-12-3-2-4-15(12)16/h2-3,5-7,9,12,15H,4,8,10H2,1H3,(H,21,22)/b20-16-/t12-,15+/m1/s1. The first-order valence-electron chi connectivity index (χ1n) is 8.29. The van der Waals surface area contributed by atoms with Crippen LogP contribution in [0.1, 0.15) is 18.4 Å². The molecule has 1 aromatic heterocycles. The number of carbonyl (C=O) groups excluding carboxylic acids is 1. The summed E-state index contributed by atoms with van der Waals surface area (Å²) in [6, 6.07) is 6.61. The second kappa shape index (κ2) is 6.20. The van der Waals surface area contributed by atoms with Crippen LogP contribution in [0.15, 0.2) is 50.7 Å². The van der Waals surface area contributed by atoms with Crippen LogP contribution < -0.4 is 15.8 Å². The number of hydrogen-bond acceptors (Lipinski definition) is 5. The van der Waals surface area contributed by atoms with Gasteiger partial charge >= 0.3 is 5.63 Å². The molecule has 1 heterocycles. The number of hydrazone groups is 1. The highest BCUT2D eigenvalue weighted by Crippen LogP contribution is 2.40. The zero-order chi connectivity index (χ0) is 17.4. The van der Waals surface area contributed by atoms with E-state index in [2.05, 4.69) is 22.7 Å². The fourth-order valence-corrected chi connectivity index (χ4v) is 3.37. The normalized spacial score (nSPS) is 22.7. The highest BCUT2D eigenvalue weighted by Gasteiger charge is 2.37. The van der Waals surface area contributed by atoms with E-state index in [1.165, 1.54) is 6.07 Å². The van der Waals surface area contributed by atoms with E-state index in [1.54, 1.807) is 12.1 Å². The monoisotopic (exact) mass is 338 g/mol. The summed E-state index contributed by atoms with van der Waals surface area (Å²) in [6.45, 7) is 1.70. The topological polar surface area (TPSA) is 80.9 Å². The van der Waals surface area contributed by atoms with Gasteiger partial charge in [0.05, 0.1) is 0 Å². The Kier molecular flexibility index (Phi) is 3.87. The summed E-state index contributed by atoms with van der Waals surface area (Å²) >= 11 is 0. The van der Waals surface area contributed by atoms with Gasteiger partial charge in [0.25, 0.3) is 5.91 Å². The van der Waals surface area contributed by atoms with Gasteiger partial charge in [-0.1, -0.05) is 12.2 Å². The molecule has 25 heavy (non-hydrogen) atoms. The maximum Gasteiger partial charge on any atom is 0.336 e. The Hall–Kier alpha value is -2.89. The second-order valence-corrected chi connectivity index (χ2v) is 6.47. The summed E-state index contributed by atoms with van der Waals surface area (Å²) in [5.41, 5.74) is 4.47. The Bertz CT molecular complexity index is 958. The zero-order valence-corrected chi connectivity index (χ0v) is 13.8. The van der Waals surface area contributed by atoms with Crippen molar-refractivity contribution in [3.05, 3.63) is 52.4 Å². The Morgan fingerprint density at radius 2 is 2.28 bits per heavy atom. The smallest absolute Gasteiger partial charge is 0.336 e. The van der Waals surface area contributed by atoms with E-state index in [9.17, 15) is 9.59 Å². The van der Waals surface area contributed by atoms with Crippen molar-refractivity contribution < 1.29 is 13.9 Å². The minimum Gasteiger partial charge on any atom is -0.484 e. The van der Waals surface area contributed by atoms with Crippen LogP contribution in [0, 0.1) is 18.8 Å². The molecular formula is C19H18N2O4. The number of fused-ring (bicyclic) bond motifs is 2. The van der Waals surface area contributed by atoms with Gasteiger partial charge in [-0.2, -0.15) is 5.10 Å². The molecule has 0 bridgehead atoms. The molecule has 1 fully saturated rings. The molecule has 0 spiro atoms. The highest BCUT2D eigenvalue weighted by atomic mass is 16.5. The van der Waals surface area contributed by atoms with Crippen molar-refractivity contribution in [3.8, 4) is 5.75 Å². The van der Waals surface area contributed by atoms with E-state index in [0.717, 1.165) is 29.5 Å². The average molecular weight is 338 g/mol. The number of benzene rings is 1. The number of hydrogen-bond donors (Lipinski definition) is 1. The summed E-state index contributed by atoms with van der Waals surface area (Å²) in [5, 5.41) is 5.04. The summed E-state index contributed by atoms with van der Waals surface area (Å²) in [5.74, 6) is 1.22. The number of allylic oxidation sites excluding steroid dienone is 2. The average Bonchev–Trinajstić information content (AvgIpc) is 2.93. The molecule has 2 aromatic rings. The van der Waals surface area contributed by atoms with E-state index in [0.29, 0.717) is 23.2 Å². The Morgan fingerprint density at radius 3 is 3.12 bits per heavy atom. The third-order valence-corrected chi connectivity index (χ3v) is 4.78. The van der Waals surface area contributed by atoms with Gasteiger partial charge < -0.3 is 9.15 Å². The second-order valence-electron chi connectivity index (χ2n) is 6.47. The lowest BCUT2D eigenvalue weighted by Gasteiger charge is -2.31. The van der Waals surface area contributed by atoms with Gasteiger partial charge in [-0.25, -0.2) is 10.2 Å². The number of amides is 1. The van der Waals surface area contributed by atoms with E-state index >= 15 is 0 Å². The minimum atomic E-state index is -0.407. The van der Waals surface area contributed by atoms with E-state index < -0.39 is 5.63 Å². The number of rotatable bonds is 4. The third-order valence-electron chi connectivity index (χ3n) is 4.78. The van der Waals surface area contributed by atoms with Crippen LogP contribution >= 0.6 is 0 Å². The zero-order valence-electron chi connectivity index (χ0n) is 13.8. The molecule has 2 aliphatic carbocycles. The minimum absolute atomic E-state index is 0.148. The number of ether oxygens (including phenoxy) is 1. The van der Waals surface area contributed by atoms with Crippen molar-refractivity contribution in [1.29, 1.82) is 0 Å². The van der Waals surface area contributed by atoms with Gasteiger partial charge in [-0.15, -0.1) is 0 Å². The molecule has 6 nitrogen and oxygen atoms in total. The quantitative estimate of drug-likeness (QED) is 0.528. The summed E-state index contributed by atoms with van der Waals surface area (Å²) in [4.78, 5) is 23.3. The van der Waals surface area contributed by atoms with Gasteiger partial charge in [0.1, 0.15) is 11.3 Å². The van der Waals surface area contributed by atoms with Gasteiger partial charge in [0.15, 0.2) is 6.61 Å². The predicted molar refractivity (Wildman–Crippen MR) is 93.6 cm³/mol. The van der Waals surface area contributed by atoms with Crippen molar-refractivity contribution in [2.24, 2.45) is 16.9 Å². The van der Waals surface area contributed by atoms with Crippen LogP contribution in [0.4, 0.5) is 0 Å². The van der Waals surface area contributed by atoms with Gasteiger partial charge in [0, 0.05) is 29.1 Å². The molecule has 0 aliphatic heterocycles. The first-order valence-corrected chi connectivity index (χ1v) is 8.29. The van der Waals surface area contributed by atoms with Gasteiger partial charge in [-0.3, -0.25) is 4.79 Å². The maximum atomic E-state index is 11.9. The SMILES string of the molecule is Cc1cc(=O)oc2cc(OCC(=O)N/N=C3/C[C@H]4C=CC[C@H]34)ccc12. The molecule has 6 heteroatoms. The Balaban J connectivity index is 1.36. The molecule has 1 amide bonds.